The van der Waals surface area contributed by atoms with Crippen LogP contribution in [0.5, 0.6) is 5.75 Å². The topological polar surface area (TPSA) is 61.3 Å². The Labute approximate surface area is 91.8 Å². The second kappa shape index (κ2) is 4.76. The first kappa shape index (κ1) is 10.6. The molecular formula is C11H11FN2O2. The molecule has 0 aliphatic heterocycles. The van der Waals surface area contributed by atoms with Crippen molar-refractivity contribution in [1.29, 1.82) is 0 Å². The van der Waals surface area contributed by atoms with Crippen LogP contribution in [0.1, 0.15) is 11.3 Å². The third-order valence-electron chi connectivity index (χ3n) is 2.15. The van der Waals surface area contributed by atoms with Gasteiger partial charge in [-0.05, 0) is 12.1 Å². The van der Waals surface area contributed by atoms with E-state index in [1.807, 2.05) is 0 Å². The van der Waals surface area contributed by atoms with Crippen molar-refractivity contribution in [3.8, 4) is 5.75 Å². The molecule has 84 valence electrons. The number of hydrogen-bond acceptors (Lipinski definition) is 4. The van der Waals surface area contributed by atoms with E-state index in [9.17, 15) is 4.39 Å². The van der Waals surface area contributed by atoms with E-state index >= 15 is 0 Å². The zero-order valence-electron chi connectivity index (χ0n) is 8.52. The summed E-state index contributed by atoms with van der Waals surface area (Å²) in [5.74, 6) is 0.0747. The normalized spacial score (nSPS) is 10.4. The second-order valence-corrected chi connectivity index (χ2v) is 3.20. The minimum absolute atomic E-state index is 0.0980. The SMILES string of the molecule is NCc1c(F)cccc1OCc1ccon1. The summed E-state index contributed by atoms with van der Waals surface area (Å²) in [7, 11) is 0. The highest BCUT2D eigenvalue weighted by Crippen LogP contribution is 2.21. The van der Waals surface area contributed by atoms with Crippen LogP contribution in [0.15, 0.2) is 35.1 Å². The highest BCUT2D eigenvalue weighted by atomic mass is 19.1. The smallest absolute Gasteiger partial charge is 0.134 e. The Kier molecular flexibility index (Phi) is 3.16. The predicted octanol–water partition coefficient (Wildman–Crippen LogP) is 1.85. The minimum atomic E-state index is -0.361. The zero-order chi connectivity index (χ0) is 11.4. The average molecular weight is 222 g/mol. The van der Waals surface area contributed by atoms with Crippen LogP contribution in [0, 0.1) is 5.82 Å². The molecule has 0 aliphatic rings. The first-order valence-corrected chi connectivity index (χ1v) is 4.81. The summed E-state index contributed by atoms with van der Waals surface area (Å²) in [6.07, 6.45) is 1.45. The molecular weight excluding hydrogens is 211 g/mol. The van der Waals surface area contributed by atoms with Crippen LogP contribution in [0.4, 0.5) is 4.39 Å². The summed E-state index contributed by atoms with van der Waals surface area (Å²) in [6, 6.07) is 6.28. The Bertz CT molecular complexity index is 457. The van der Waals surface area contributed by atoms with Crippen molar-refractivity contribution in [3.05, 3.63) is 47.6 Å². The fraction of sp³-hybridized carbons (Fsp3) is 0.182. The Morgan fingerprint density at radius 2 is 2.25 bits per heavy atom. The van der Waals surface area contributed by atoms with Crippen LogP contribution in [-0.2, 0) is 13.2 Å². The molecule has 0 amide bonds. The van der Waals surface area contributed by atoms with Gasteiger partial charge in [-0.25, -0.2) is 4.39 Å². The van der Waals surface area contributed by atoms with Gasteiger partial charge in [-0.3, -0.25) is 0 Å². The maximum absolute atomic E-state index is 13.3. The van der Waals surface area contributed by atoms with Crippen molar-refractivity contribution in [3.63, 3.8) is 0 Å². The molecule has 0 unspecified atom stereocenters. The summed E-state index contributed by atoms with van der Waals surface area (Å²) < 4.78 is 23.4. The number of nitrogens with zero attached hydrogens (tertiary/aromatic N) is 1. The highest BCUT2D eigenvalue weighted by Gasteiger charge is 2.08. The maximum atomic E-state index is 13.3. The van der Waals surface area contributed by atoms with Crippen molar-refractivity contribution in [2.75, 3.05) is 0 Å². The number of halogens is 1. The van der Waals surface area contributed by atoms with Gasteiger partial charge >= 0.3 is 0 Å². The van der Waals surface area contributed by atoms with Crippen LogP contribution < -0.4 is 10.5 Å². The molecule has 0 saturated heterocycles. The van der Waals surface area contributed by atoms with E-state index in [1.165, 1.54) is 12.3 Å². The Balaban J connectivity index is 2.12. The second-order valence-electron chi connectivity index (χ2n) is 3.20. The lowest BCUT2D eigenvalue weighted by Gasteiger charge is -2.09. The minimum Gasteiger partial charge on any atom is -0.487 e. The summed E-state index contributed by atoms with van der Waals surface area (Å²) >= 11 is 0. The summed E-state index contributed by atoms with van der Waals surface area (Å²) in [4.78, 5) is 0. The van der Waals surface area contributed by atoms with E-state index in [0.717, 1.165) is 0 Å². The van der Waals surface area contributed by atoms with Crippen molar-refractivity contribution in [1.82, 2.24) is 5.16 Å². The molecule has 4 nitrogen and oxygen atoms in total. The molecule has 2 N–H and O–H groups in total. The Hall–Kier alpha value is -1.88. The largest absolute Gasteiger partial charge is 0.487 e. The van der Waals surface area contributed by atoms with Crippen molar-refractivity contribution in [2.45, 2.75) is 13.2 Å². The number of aromatic nitrogens is 1. The maximum Gasteiger partial charge on any atom is 0.134 e. The van der Waals surface area contributed by atoms with E-state index < -0.39 is 0 Å². The quantitative estimate of drug-likeness (QED) is 0.857. The lowest BCUT2D eigenvalue weighted by molar-refractivity contribution is 0.285. The van der Waals surface area contributed by atoms with Gasteiger partial charge in [0, 0.05) is 18.2 Å². The average Bonchev–Trinajstić information content (AvgIpc) is 2.79. The molecule has 0 saturated carbocycles. The monoisotopic (exact) mass is 222 g/mol. The molecule has 2 rings (SSSR count). The lowest BCUT2D eigenvalue weighted by atomic mass is 10.2. The fourth-order valence-electron chi connectivity index (χ4n) is 1.34. The van der Waals surface area contributed by atoms with Gasteiger partial charge in [-0.2, -0.15) is 0 Å². The Morgan fingerprint density at radius 3 is 2.94 bits per heavy atom. The van der Waals surface area contributed by atoms with Crippen LogP contribution >= 0.6 is 0 Å². The van der Waals surface area contributed by atoms with E-state index in [2.05, 4.69) is 9.68 Å². The third kappa shape index (κ3) is 2.20. The van der Waals surface area contributed by atoms with Crippen molar-refractivity contribution < 1.29 is 13.7 Å². The van der Waals surface area contributed by atoms with Gasteiger partial charge in [-0.15, -0.1) is 0 Å². The molecule has 1 aromatic carbocycles. The van der Waals surface area contributed by atoms with Gasteiger partial charge in [0.2, 0.25) is 0 Å². The number of hydrogen-bond donors (Lipinski definition) is 1. The number of rotatable bonds is 4. The number of ether oxygens (including phenoxy) is 1. The summed E-state index contributed by atoms with van der Waals surface area (Å²) in [5.41, 5.74) is 6.46. The fourth-order valence-corrected chi connectivity index (χ4v) is 1.34. The molecule has 0 atom stereocenters. The Morgan fingerprint density at radius 1 is 1.38 bits per heavy atom. The standard InChI is InChI=1S/C11H11FN2O2/c12-10-2-1-3-11(9(10)6-13)15-7-8-4-5-16-14-8/h1-5H,6-7,13H2. The molecule has 16 heavy (non-hydrogen) atoms. The van der Waals surface area contributed by atoms with Gasteiger partial charge in [0.05, 0.1) is 0 Å². The van der Waals surface area contributed by atoms with Crippen LogP contribution in [0.3, 0.4) is 0 Å². The zero-order valence-corrected chi connectivity index (χ0v) is 8.52. The summed E-state index contributed by atoms with van der Waals surface area (Å²) in [6.45, 7) is 0.327. The molecule has 2 aromatic rings. The van der Waals surface area contributed by atoms with Crippen LogP contribution in [0.25, 0.3) is 0 Å². The molecule has 0 bridgehead atoms. The molecule has 0 fully saturated rings. The molecule has 0 spiro atoms. The lowest BCUT2D eigenvalue weighted by Crippen LogP contribution is -2.05. The van der Waals surface area contributed by atoms with Gasteiger partial charge < -0.3 is 15.0 Å². The van der Waals surface area contributed by atoms with E-state index in [4.69, 9.17) is 10.5 Å². The molecule has 5 heteroatoms. The number of benzene rings is 1. The molecule has 0 aliphatic carbocycles. The van der Waals surface area contributed by atoms with E-state index in [0.29, 0.717) is 17.0 Å². The number of nitrogens with two attached hydrogens (primary N) is 1. The van der Waals surface area contributed by atoms with Crippen molar-refractivity contribution >= 4 is 0 Å². The van der Waals surface area contributed by atoms with Gasteiger partial charge in [-0.1, -0.05) is 11.2 Å². The highest BCUT2D eigenvalue weighted by molar-refractivity contribution is 5.34. The predicted molar refractivity (Wildman–Crippen MR) is 55.1 cm³/mol. The first-order valence-electron chi connectivity index (χ1n) is 4.81. The van der Waals surface area contributed by atoms with Crippen LogP contribution in [-0.4, -0.2) is 5.16 Å². The van der Waals surface area contributed by atoms with E-state index in [-0.39, 0.29) is 19.0 Å². The summed E-state index contributed by atoms with van der Waals surface area (Å²) in [5, 5.41) is 3.68. The van der Waals surface area contributed by atoms with Crippen LogP contribution in [0.2, 0.25) is 0 Å². The van der Waals surface area contributed by atoms with Gasteiger partial charge in [0.15, 0.2) is 0 Å². The molecule has 0 radical (unpaired) electrons. The van der Waals surface area contributed by atoms with Gasteiger partial charge in [0.1, 0.15) is 30.1 Å². The van der Waals surface area contributed by atoms with Gasteiger partial charge in [0.25, 0.3) is 0 Å². The third-order valence-corrected chi connectivity index (χ3v) is 2.15. The van der Waals surface area contributed by atoms with E-state index in [1.54, 1.807) is 18.2 Å². The molecule has 1 aromatic heterocycles. The molecule has 1 heterocycles. The van der Waals surface area contributed by atoms with Crippen molar-refractivity contribution in [2.24, 2.45) is 5.73 Å². The first-order chi connectivity index (χ1) is 7.81.